The summed E-state index contributed by atoms with van der Waals surface area (Å²) in [5.41, 5.74) is 0. The van der Waals surface area contributed by atoms with Crippen LogP contribution in [0.4, 0.5) is 4.79 Å². The van der Waals surface area contributed by atoms with Crippen molar-refractivity contribution in [3.63, 3.8) is 0 Å². The molecule has 0 aromatic rings. The Kier molecular flexibility index (Phi) is 4.41. The predicted molar refractivity (Wildman–Crippen MR) is 56.1 cm³/mol. The van der Waals surface area contributed by atoms with Crippen molar-refractivity contribution in [1.29, 1.82) is 5.26 Å². The van der Waals surface area contributed by atoms with E-state index in [0.717, 1.165) is 25.9 Å². The van der Waals surface area contributed by atoms with Gasteiger partial charge in [-0.3, -0.25) is 0 Å². The monoisotopic (exact) mass is 210 g/mol. The van der Waals surface area contributed by atoms with Crippen LogP contribution >= 0.6 is 0 Å². The summed E-state index contributed by atoms with van der Waals surface area (Å²) < 4.78 is 5.13. The molecule has 1 aliphatic heterocycles. The number of carbonyl (C=O) groups excluding carboxylic acids is 1. The number of hydrogen-bond acceptors (Lipinski definition) is 3. The van der Waals surface area contributed by atoms with Crippen LogP contribution in [-0.2, 0) is 4.74 Å². The van der Waals surface area contributed by atoms with Crippen LogP contribution in [0.5, 0.6) is 0 Å². The minimum Gasteiger partial charge on any atom is -0.430 e. The second-order valence-corrected chi connectivity index (χ2v) is 4.23. The molecule has 0 saturated carbocycles. The van der Waals surface area contributed by atoms with E-state index in [1.807, 2.05) is 19.9 Å². The molecular weight excluding hydrogens is 192 g/mol. The van der Waals surface area contributed by atoms with E-state index in [-0.39, 0.29) is 12.0 Å². The molecule has 0 spiro atoms. The van der Waals surface area contributed by atoms with Crippen molar-refractivity contribution < 1.29 is 9.53 Å². The fourth-order valence-corrected chi connectivity index (χ4v) is 1.57. The lowest BCUT2D eigenvalue weighted by molar-refractivity contribution is 0.0612. The molecule has 1 aliphatic rings. The van der Waals surface area contributed by atoms with Crippen LogP contribution in [0, 0.1) is 17.2 Å². The second-order valence-electron chi connectivity index (χ2n) is 4.23. The number of nitriles is 1. The standard InChI is InChI=1S/C11H18N2O2/c1-9(2)10(8-12)15-11(14)13-6-4-3-5-7-13/h9-10H,3-7H2,1-2H3. The van der Waals surface area contributed by atoms with Gasteiger partial charge in [-0.15, -0.1) is 0 Å². The largest absolute Gasteiger partial charge is 0.430 e. The van der Waals surface area contributed by atoms with Crippen LogP contribution in [0.1, 0.15) is 33.1 Å². The number of carbonyl (C=O) groups is 1. The number of ether oxygens (including phenoxy) is 1. The molecule has 0 N–H and O–H groups in total. The van der Waals surface area contributed by atoms with Crippen LogP contribution in [0.15, 0.2) is 0 Å². The Morgan fingerprint density at radius 3 is 2.40 bits per heavy atom. The van der Waals surface area contributed by atoms with Gasteiger partial charge in [-0.25, -0.2) is 4.79 Å². The molecule has 1 atom stereocenters. The van der Waals surface area contributed by atoms with Crippen LogP contribution < -0.4 is 0 Å². The van der Waals surface area contributed by atoms with E-state index in [9.17, 15) is 4.79 Å². The highest BCUT2D eigenvalue weighted by Gasteiger charge is 2.23. The van der Waals surface area contributed by atoms with Crippen LogP contribution in [-0.4, -0.2) is 30.2 Å². The molecule has 4 nitrogen and oxygen atoms in total. The van der Waals surface area contributed by atoms with Crippen molar-refractivity contribution in [2.24, 2.45) is 5.92 Å². The molecule has 0 aromatic carbocycles. The minimum atomic E-state index is -0.626. The molecule has 1 fully saturated rings. The molecule has 1 heterocycles. The Bertz CT molecular complexity index is 252. The zero-order valence-electron chi connectivity index (χ0n) is 9.40. The van der Waals surface area contributed by atoms with Gasteiger partial charge in [-0.2, -0.15) is 5.26 Å². The van der Waals surface area contributed by atoms with E-state index in [2.05, 4.69) is 0 Å². The molecule has 15 heavy (non-hydrogen) atoms. The molecule has 1 saturated heterocycles. The summed E-state index contributed by atoms with van der Waals surface area (Å²) >= 11 is 0. The zero-order valence-corrected chi connectivity index (χ0v) is 9.40. The SMILES string of the molecule is CC(C)C(C#N)OC(=O)N1CCCCC1. The first-order valence-electron chi connectivity index (χ1n) is 5.50. The molecule has 0 aromatic heterocycles. The summed E-state index contributed by atoms with van der Waals surface area (Å²) in [6.45, 7) is 5.26. The average Bonchev–Trinajstić information content (AvgIpc) is 2.26. The maximum absolute atomic E-state index is 11.6. The summed E-state index contributed by atoms with van der Waals surface area (Å²) in [4.78, 5) is 13.3. The first-order chi connectivity index (χ1) is 7.15. The van der Waals surface area contributed by atoms with E-state index < -0.39 is 6.10 Å². The van der Waals surface area contributed by atoms with Gasteiger partial charge in [0.2, 0.25) is 0 Å². The highest BCUT2D eigenvalue weighted by atomic mass is 16.6. The fraction of sp³-hybridized carbons (Fsp3) is 0.818. The van der Waals surface area contributed by atoms with Gasteiger partial charge in [-0.1, -0.05) is 13.8 Å². The molecular formula is C11H18N2O2. The van der Waals surface area contributed by atoms with Gasteiger partial charge in [-0.05, 0) is 19.3 Å². The second kappa shape index (κ2) is 5.59. The molecule has 0 aliphatic carbocycles. The summed E-state index contributed by atoms with van der Waals surface area (Å²) in [5.74, 6) is 0.0451. The summed E-state index contributed by atoms with van der Waals surface area (Å²) in [5, 5.41) is 8.80. The number of nitrogens with zero attached hydrogens (tertiary/aromatic N) is 2. The molecule has 1 amide bonds. The lowest BCUT2D eigenvalue weighted by atomic mass is 10.1. The molecule has 1 rings (SSSR count). The summed E-state index contributed by atoms with van der Waals surface area (Å²) in [7, 11) is 0. The molecule has 4 heteroatoms. The van der Waals surface area contributed by atoms with Crippen molar-refractivity contribution in [3.05, 3.63) is 0 Å². The smallest absolute Gasteiger partial charge is 0.411 e. The van der Waals surface area contributed by atoms with Gasteiger partial charge in [0.1, 0.15) is 6.07 Å². The van der Waals surface area contributed by atoms with Crippen LogP contribution in [0.25, 0.3) is 0 Å². The maximum Gasteiger partial charge on any atom is 0.411 e. The Hall–Kier alpha value is -1.24. The van der Waals surface area contributed by atoms with Gasteiger partial charge < -0.3 is 9.64 Å². The number of rotatable bonds is 2. The zero-order chi connectivity index (χ0) is 11.3. The van der Waals surface area contributed by atoms with Crippen LogP contribution in [0.3, 0.4) is 0 Å². The van der Waals surface area contributed by atoms with Crippen molar-refractivity contribution >= 4 is 6.09 Å². The van der Waals surface area contributed by atoms with Crippen molar-refractivity contribution in [2.75, 3.05) is 13.1 Å². The third-order valence-electron chi connectivity index (χ3n) is 2.57. The van der Waals surface area contributed by atoms with Crippen molar-refractivity contribution in [1.82, 2.24) is 4.90 Å². The van der Waals surface area contributed by atoms with Gasteiger partial charge in [0.15, 0.2) is 6.10 Å². The van der Waals surface area contributed by atoms with Gasteiger partial charge >= 0.3 is 6.09 Å². The Morgan fingerprint density at radius 2 is 1.93 bits per heavy atom. The van der Waals surface area contributed by atoms with E-state index in [0.29, 0.717) is 0 Å². The topological polar surface area (TPSA) is 53.3 Å². The van der Waals surface area contributed by atoms with E-state index in [1.165, 1.54) is 6.42 Å². The van der Waals surface area contributed by atoms with Gasteiger partial charge in [0.25, 0.3) is 0 Å². The number of piperidine rings is 1. The third kappa shape index (κ3) is 3.43. The average molecular weight is 210 g/mol. The van der Waals surface area contributed by atoms with E-state index in [4.69, 9.17) is 10.00 Å². The molecule has 1 unspecified atom stereocenters. The summed E-state index contributed by atoms with van der Waals surface area (Å²) in [6, 6.07) is 2.00. The van der Waals surface area contributed by atoms with Crippen molar-refractivity contribution in [2.45, 2.75) is 39.2 Å². The number of hydrogen-bond donors (Lipinski definition) is 0. The Morgan fingerprint density at radius 1 is 1.33 bits per heavy atom. The number of likely N-dealkylation sites (tertiary alicyclic amines) is 1. The Balaban J connectivity index is 2.43. The van der Waals surface area contributed by atoms with Crippen LogP contribution in [0.2, 0.25) is 0 Å². The summed E-state index contributed by atoms with van der Waals surface area (Å²) in [6.07, 6.45) is 2.28. The molecule has 84 valence electrons. The van der Waals surface area contributed by atoms with Crippen molar-refractivity contribution in [3.8, 4) is 6.07 Å². The van der Waals surface area contributed by atoms with E-state index >= 15 is 0 Å². The molecule has 0 bridgehead atoms. The lowest BCUT2D eigenvalue weighted by Gasteiger charge is -2.27. The Labute approximate surface area is 90.8 Å². The fourth-order valence-electron chi connectivity index (χ4n) is 1.57. The quantitative estimate of drug-likeness (QED) is 0.701. The van der Waals surface area contributed by atoms with Gasteiger partial charge in [0, 0.05) is 19.0 Å². The molecule has 0 radical (unpaired) electrons. The normalized spacial score (nSPS) is 18.4. The lowest BCUT2D eigenvalue weighted by Crippen LogP contribution is -2.38. The first-order valence-corrected chi connectivity index (χ1v) is 5.50. The predicted octanol–water partition coefficient (Wildman–Crippen LogP) is 2.16. The third-order valence-corrected chi connectivity index (χ3v) is 2.57. The highest BCUT2D eigenvalue weighted by molar-refractivity contribution is 5.68. The van der Waals surface area contributed by atoms with Gasteiger partial charge in [0.05, 0.1) is 0 Å². The maximum atomic E-state index is 11.6. The minimum absolute atomic E-state index is 0.0451. The highest BCUT2D eigenvalue weighted by Crippen LogP contribution is 2.13. The first kappa shape index (κ1) is 11.8. The number of amides is 1. The van der Waals surface area contributed by atoms with E-state index in [1.54, 1.807) is 4.90 Å².